The maximum absolute atomic E-state index is 12.3. The number of hydrogen-bond acceptors (Lipinski definition) is 3. The summed E-state index contributed by atoms with van der Waals surface area (Å²) >= 11 is 0. The van der Waals surface area contributed by atoms with Crippen LogP contribution in [0.25, 0.3) is 10.8 Å². The topological polar surface area (TPSA) is 54.3 Å². The molecule has 1 aliphatic rings. The molecule has 1 aliphatic heterocycles. The maximum atomic E-state index is 12.3. The van der Waals surface area contributed by atoms with Gasteiger partial charge < -0.3 is 10.2 Å². The number of fused-ring (bicyclic) bond motifs is 1. The van der Waals surface area contributed by atoms with Crippen LogP contribution in [-0.2, 0) is 0 Å². The summed E-state index contributed by atoms with van der Waals surface area (Å²) in [6.07, 6.45) is 1.56. The highest BCUT2D eigenvalue weighted by molar-refractivity contribution is 5.85. The van der Waals surface area contributed by atoms with Crippen molar-refractivity contribution in [2.75, 3.05) is 26.2 Å². The summed E-state index contributed by atoms with van der Waals surface area (Å²) in [6, 6.07) is 8.87. The molecule has 5 heteroatoms. The van der Waals surface area contributed by atoms with Gasteiger partial charge in [-0.05, 0) is 17.5 Å². The van der Waals surface area contributed by atoms with Gasteiger partial charge in [-0.2, -0.15) is 0 Å². The van der Waals surface area contributed by atoms with E-state index in [0.29, 0.717) is 18.5 Å². The van der Waals surface area contributed by atoms with Crippen molar-refractivity contribution in [1.29, 1.82) is 0 Å². The Labute approximate surface area is 110 Å². The highest BCUT2D eigenvalue weighted by atomic mass is 16.2. The van der Waals surface area contributed by atoms with Crippen LogP contribution >= 0.6 is 0 Å². The molecule has 0 unspecified atom stereocenters. The average Bonchev–Trinajstić information content (AvgIpc) is 2.48. The molecule has 2 heterocycles. The summed E-state index contributed by atoms with van der Waals surface area (Å²) in [5.74, 6) is 0. The number of nitrogens with one attached hydrogen (secondary N) is 1. The number of carbonyl (C=O) groups is 1. The lowest BCUT2D eigenvalue weighted by Crippen LogP contribution is -2.49. The van der Waals surface area contributed by atoms with Crippen molar-refractivity contribution in [2.24, 2.45) is 0 Å². The van der Waals surface area contributed by atoms with E-state index in [1.54, 1.807) is 23.2 Å². The molecule has 0 bridgehead atoms. The van der Waals surface area contributed by atoms with Gasteiger partial charge in [0, 0.05) is 37.8 Å². The maximum Gasteiger partial charge on any atom is 0.331 e. The Balaban J connectivity index is 2.03. The number of nitrogens with zero attached hydrogens (tertiary/aromatic N) is 2. The molecule has 1 amide bonds. The van der Waals surface area contributed by atoms with Crippen molar-refractivity contribution in [2.45, 2.75) is 0 Å². The normalized spacial score (nSPS) is 15.7. The molecule has 1 saturated heterocycles. The first-order valence-corrected chi connectivity index (χ1v) is 6.38. The number of amides is 1. The van der Waals surface area contributed by atoms with Gasteiger partial charge in [0.15, 0.2) is 0 Å². The lowest BCUT2D eigenvalue weighted by molar-refractivity contribution is 0.191. The predicted octanol–water partition coefficient (Wildman–Crippen LogP) is 0.875. The SMILES string of the molecule is O=C(N1CCNCC1)n1ccc2ccccc2c1=O. The Bertz CT molecular complexity index is 672. The van der Waals surface area contributed by atoms with Crippen molar-refractivity contribution in [3.63, 3.8) is 0 Å². The van der Waals surface area contributed by atoms with E-state index in [-0.39, 0.29) is 11.6 Å². The molecule has 1 aromatic carbocycles. The van der Waals surface area contributed by atoms with E-state index in [0.717, 1.165) is 18.5 Å². The van der Waals surface area contributed by atoms with Gasteiger partial charge in [0.05, 0.1) is 0 Å². The quantitative estimate of drug-likeness (QED) is 0.762. The van der Waals surface area contributed by atoms with Gasteiger partial charge in [-0.3, -0.25) is 4.79 Å². The second kappa shape index (κ2) is 4.85. The van der Waals surface area contributed by atoms with Gasteiger partial charge in [0.1, 0.15) is 0 Å². The van der Waals surface area contributed by atoms with Gasteiger partial charge in [0.25, 0.3) is 5.56 Å². The number of carbonyl (C=O) groups excluding carboxylic acids is 1. The second-order valence-corrected chi connectivity index (χ2v) is 4.60. The molecule has 19 heavy (non-hydrogen) atoms. The minimum atomic E-state index is -0.248. The van der Waals surface area contributed by atoms with Crippen molar-refractivity contribution >= 4 is 16.8 Å². The molecule has 1 fully saturated rings. The smallest absolute Gasteiger partial charge is 0.321 e. The van der Waals surface area contributed by atoms with Crippen LogP contribution in [-0.4, -0.2) is 41.7 Å². The monoisotopic (exact) mass is 257 g/mol. The van der Waals surface area contributed by atoms with Crippen molar-refractivity contribution in [3.05, 3.63) is 46.9 Å². The van der Waals surface area contributed by atoms with Crippen LogP contribution < -0.4 is 10.9 Å². The van der Waals surface area contributed by atoms with E-state index in [2.05, 4.69) is 5.32 Å². The van der Waals surface area contributed by atoms with Crippen LogP contribution in [0.15, 0.2) is 41.3 Å². The van der Waals surface area contributed by atoms with E-state index in [1.807, 2.05) is 18.2 Å². The van der Waals surface area contributed by atoms with Gasteiger partial charge in [-0.15, -0.1) is 0 Å². The fourth-order valence-electron chi connectivity index (χ4n) is 2.35. The van der Waals surface area contributed by atoms with E-state index in [1.165, 1.54) is 4.57 Å². The third-order valence-electron chi connectivity index (χ3n) is 3.41. The van der Waals surface area contributed by atoms with E-state index < -0.39 is 0 Å². The molecule has 0 atom stereocenters. The van der Waals surface area contributed by atoms with Crippen molar-refractivity contribution in [3.8, 4) is 0 Å². The number of hydrogen-bond donors (Lipinski definition) is 1. The minimum Gasteiger partial charge on any atom is -0.321 e. The fraction of sp³-hybridized carbons (Fsp3) is 0.286. The highest BCUT2D eigenvalue weighted by Crippen LogP contribution is 2.08. The van der Waals surface area contributed by atoms with Crippen LogP contribution in [0, 0.1) is 0 Å². The molecule has 5 nitrogen and oxygen atoms in total. The van der Waals surface area contributed by atoms with Crippen LogP contribution in [0.1, 0.15) is 0 Å². The lowest BCUT2D eigenvalue weighted by atomic mass is 10.2. The van der Waals surface area contributed by atoms with Gasteiger partial charge in [0.2, 0.25) is 0 Å². The Hall–Kier alpha value is -2.14. The highest BCUT2D eigenvalue weighted by Gasteiger charge is 2.19. The average molecular weight is 257 g/mol. The predicted molar refractivity (Wildman–Crippen MR) is 73.4 cm³/mol. The first-order chi connectivity index (χ1) is 9.27. The fourth-order valence-corrected chi connectivity index (χ4v) is 2.35. The summed E-state index contributed by atoms with van der Waals surface area (Å²) in [5, 5.41) is 4.62. The first kappa shape index (κ1) is 11.9. The Kier molecular flexibility index (Phi) is 3.05. The van der Waals surface area contributed by atoms with Crippen molar-refractivity contribution in [1.82, 2.24) is 14.8 Å². The van der Waals surface area contributed by atoms with E-state index in [4.69, 9.17) is 0 Å². The third kappa shape index (κ3) is 2.13. The number of rotatable bonds is 0. The molecule has 1 N–H and O–H groups in total. The standard InChI is InChI=1S/C14H15N3O2/c18-13-12-4-2-1-3-11(12)5-8-17(13)14(19)16-9-6-15-7-10-16/h1-5,8,15H,6-7,9-10H2. The summed E-state index contributed by atoms with van der Waals surface area (Å²) in [6.45, 7) is 2.82. The number of pyridine rings is 1. The van der Waals surface area contributed by atoms with Crippen LogP contribution in [0.5, 0.6) is 0 Å². The van der Waals surface area contributed by atoms with Crippen LogP contribution in [0.3, 0.4) is 0 Å². The summed E-state index contributed by atoms with van der Waals surface area (Å²) < 4.78 is 1.20. The summed E-state index contributed by atoms with van der Waals surface area (Å²) in [5.41, 5.74) is -0.248. The summed E-state index contributed by atoms with van der Waals surface area (Å²) in [4.78, 5) is 26.3. The molecular weight excluding hydrogens is 242 g/mol. The summed E-state index contributed by atoms with van der Waals surface area (Å²) in [7, 11) is 0. The Morgan fingerprint density at radius 3 is 2.63 bits per heavy atom. The molecule has 3 rings (SSSR count). The number of aromatic nitrogens is 1. The van der Waals surface area contributed by atoms with Gasteiger partial charge >= 0.3 is 6.03 Å². The van der Waals surface area contributed by atoms with E-state index in [9.17, 15) is 9.59 Å². The molecule has 0 saturated carbocycles. The Morgan fingerprint density at radius 1 is 1.11 bits per heavy atom. The zero-order chi connectivity index (χ0) is 13.2. The zero-order valence-electron chi connectivity index (χ0n) is 10.5. The lowest BCUT2D eigenvalue weighted by Gasteiger charge is -2.27. The molecule has 2 aromatic rings. The minimum absolute atomic E-state index is 0.239. The van der Waals surface area contributed by atoms with Crippen molar-refractivity contribution < 1.29 is 4.79 Å². The van der Waals surface area contributed by atoms with Gasteiger partial charge in [-0.25, -0.2) is 9.36 Å². The van der Waals surface area contributed by atoms with Crippen LogP contribution in [0.2, 0.25) is 0 Å². The second-order valence-electron chi connectivity index (χ2n) is 4.60. The molecule has 0 aliphatic carbocycles. The molecular formula is C14H15N3O2. The molecule has 0 radical (unpaired) electrons. The van der Waals surface area contributed by atoms with E-state index >= 15 is 0 Å². The molecule has 98 valence electrons. The Morgan fingerprint density at radius 2 is 1.84 bits per heavy atom. The first-order valence-electron chi connectivity index (χ1n) is 6.38. The zero-order valence-corrected chi connectivity index (χ0v) is 10.5. The van der Waals surface area contributed by atoms with Crippen LogP contribution in [0.4, 0.5) is 4.79 Å². The van der Waals surface area contributed by atoms with Gasteiger partial charge in [-0.1, -0.05) is 18.2 Å². The molecule has 1 aromatic heterocycles. The largest absolute Gasteiger partial charge is 0.331 e. The molecule has 0 spiro atoms. The number of piperazine rings is 1. The third-order valence-corrected chi connectivity index (χ3v) is 3.41. The number of benzene rings is 1.